The second-order valence-electron chi connectivity index (χ2n) is 5.37. The number of carboxylic acids is 1. The number of amides is 1. The molecule has 108 valence electrons. The van der Waals surface area contributed by atoms with Crippen LogP contribution in [0.3, 0.4) is 0 Å². The van der Waals surface area contributed by atoms with Crippen LogP contribution in [0.4, 0.5) is 0 Å². The molecule has 1 saturated heterocycles. The number of rotatable bonds is 2. The van der Waals surface area contributed by atoms with E-state index in [2.05, 4.69) is 9.97 Å². The van der Waals surface area contributed by atoms with Crippen LogP contribution in [0, 0.1) is 0 Å². The molecule has 6 heteroatoms. The van der Waals surface area contributed by atoms with Gasteiger partial charge in [0.2, 0.25) is 0 Å². The van der Waals surface area contributed by atoms with E-state index in [1.54, 1.807) is 31.3 Å². The van der Waals surface area contributed by atoms with Crippen LogP contribution in [-0.4, -0.2) is 43.9 Å². The number of hydrogen-bond donors (Lipinski definition) is 1. The SMILES string of the molecule is CC1(C(=O)O)CCCN1C(=O)c1cccc2nccnc12. The highest BCUT2D eigenvalue weighted by atomic mass is 16.4. The fourth-order valence-electron chi connectivity index (χ4n) is 2.82. The highest BCUT2D eigenvalue weighted by Gasteiger charge is 2.46. The number of aliphatic carboxylic acids is 1. The molecule has 1 aliphatic rings. The Morgan fingerprint density at radius 2 is 2.05 bits per heavy atom. The summed E-state index contributed by atoms with van der Waals surface area (Å²) >= 11 is 0. The van der Waals surface area contributed by atoms with Gasteiger partial charge >= 0.3 is 5.97 Å². The predicted octanol–water partition coefficient (Wildman–Crippen LogP) is 1.71. The molecule has 2 aromatic rings. The molecule has 21 heavy (non-hydrogen) atoms. The zero-order chi connectivity index (χ0) is 15.0. The number of carbonyl (C=O) groups excluding carboxylic acids is 1. The van der Waals surface area contributed by atoms with Crippen molar-refractivity contribution in [2.24, 2.45) is 0 Å². The summed E-state index contributed by atoms with van der Waals surface area (Å²) in [7, 11) is 0. The van der Waals surface area contributed by atoms with Crippen molar-refractivity contribution in [3.05, 3.63) is 36.2 Å². The number of aromatic nitrogens is 2. The molecule has 0 bridgehead atoms. The number of nitrogens with zero attached hydrogens (tertiary/aromatic N) is 3. The van der Waals surface area contributed by atoms with Gasteiger partial charge < -0.3 is 10.0 Å². The lowest BCUT2D eigenvalue weighted by Crippen LogP contribution is -2.50. The minimum Gasteiger partial charge on any atom is -0.480 e. The summed E-state index contributed by atoms with van der Waals surface area (Å²) in [6, 6.07) is 5.18. The molecule has 0 spiro atoms. The van der Waals surface area contributed by atoms with E-state index in [0.29, 0.717) is 36.0 Å². The van der Waals surface area contributed by atoms with Crippen LogP contribution in [0.1, 0.15) is 30.1 Å². The quantitative estimate of drug-likeness (QED) is 0.908. The lowest BCUT2D eigenvalue weighted by Gasteiger charge is -2.31. The van der Waals surface area contributed by atoms with Crippen molar-refractivity contribution in [1.82, 2.24) is 14.9 Å². The maximum absolute atomic E-state index is 12.8. The van der Waals surface area contributed by atoms with Crippen molar-refractivity contribution in [1.29, 1.82) is 0 Å². The van der Waals surface area contributed by atoms with Crippen molar-refractivity contribution in [3.8, 4) is 0 Å². The van der Waals surface area contributed by atoms with E-state index in [4.69, 9.17) is 0 Å². The van der Waals surface area contributed by atoms with Crippen LogP contribution in [0.2, 0.25) is 0 Å². The Labute approximate surface area is 121 Å². The van der Waals surface area contributed by atoms with Gasteiger partial charge in [0.15, 0.2) is 0 Å². The van der Waals surface area contributed by atoms with Crippen molar-refractivity contribution >= 4 is 22.9 Å². The number of carboxylic acid groups (broad SMARTS) is 1. The molecule has 1 aliphatic heterocycles. The van der Waals surface area contributed by atoms with Gasteiger partial charge in [-0.25, -0.2) is 4.79 Å². The molecule has 0 saturated carbocycles. The number of fused-ring (bicyclic) bond motifs is 1. The van der Waals surface area contributed by atoms with Gasteiger partial charge in [0.25, 0.3) is 5.91 Å². The summed E-state index contributed by atoms with van der Waals surface area (Å²) in [4.78, 5) is 34.1. The fraction of sp³-hybridized carbons (Fsp3) is 0.333. The van der Waals surface area contributed by atoms with Crippen LogP contribution < -0.4 is 0 Å². The molecule has 1 fully saturated rings. The number of benzene rings is 1. The van der Waals surface area contributed by atoms with Crippen LogP contribution >= 0.6 is 0 Å². The standard InChI is InChI=1S/C15H15N3O3/c1-15(14(20)21)6-3-9-18(15)13(19)10-4-2-5-11-12(10)17-8-7-16-11/h2,4-5,7-8H,3,6,9H2,1H3,(H,20,21). The zero-order valence-electron chi connectivity index (χ0n) is 11.6. The van der Waals surface area contributed by atoms with Crippen molar-refractivity contribution in [3.63, 3.8) is 0 Å². The summed E-state index contributed by atoms with van der Waals surface area (Å²) in [6.07, 6.45) is 4.24. The van der Waals surface area contributed by atoms with E-state index in [9.17, 15) is 14.7 Å². The molecular weight excluding hydrogens is 270 g/mol. The van der Waals surface area contributed by atoms with Gasteiger partial charge in [-0.2, -0.15) is 0 Å². The van der Waals surface area contributed by atoms with Gasteiger partial charge in [-0.1, -0.05) is 6.07 Å². The monoisotopic (exact) mass is 285 g/mol. The van der Waals surface area contributed by atoms with Gasteiger partial charge in [-0.15, -0.1) is 0 Å². The number of para-hydroxylation sites is 1. The zero-order valence-corrected chi connectivity index (χ0v) is 11.6. The third-order valence-corrected chi connectivity index (χ3v) is 4.08. The van der Waals surface area contributed by atoms with Crippen LogP contribution in [0.5, 0.6) is 0 Å². The predicted molar refractivity (Wildman–Crippen MR) is 75.8 cm³/mol. The Bertz CT molecular complexity index is 726. The molecule has 1 atom stereocenters. The Kier molecular flexibility index (Phi) is 3.08. The van der Waals surface area contributed by atoms with Gasteiger partial charge in [-0.05, 0) is 31.9 Å². The third kappa shape index (κ3) is 2.03. The van der Waals surface area contributed by atoms with Crippen molar-refractivity contribution < 1.29 is 14.7 Å². The normalized spacial score (nSPS) is 21.7. The molecule has 3 rings (SSSR count). The first-order chi connectivity index (χ1) is 10.0. The Hall–Kier alpha value is -2.50. The van der Waals surface area contributed by atoms with E-state index < -0.39 is 11.5 Å². The molecule has 0 aliphatic carbocycles. The molecule has 1 amide bonds. The summed E-state index contributed by atoms with van der Waals surface area (Å²) in [5, 5.41) is 9.43. The molecule has 6 nitrogen and oxygen atoms in total. The number of carbonyl (C=O) groups is 2. The van der Waals surface area contributed by atoms with E-state index >= 15 is 0 Å². The Morgan fingerprint density at radius 1 is 1.29 bits per heavy atom. The van der Waals surface area contributed by atoms with Crippen LogP contribution in [0.25, 0.3) is 11.0 Å². The lowest BCUT2D eigenvalue weighted by molar-refractivity contribution is -0.147. The number of hydrogen-bond acceptors (Lipinski definition) is 4. The van der Waals surface area contributed by atoms with Crippen molar-refractivity contribution in [2.75, 3.05) is 6.54 Å². The molecule has 1 unspecified atom stereocenters. The Morgan fingerprint density at radius 3 is 2.81 bits per heavy atom. The average Bonchev–Trinajstić information content (AvgIpc) is 2.89. The van der Waals surface area contributed by atoms with Crippen LogP contribution in [0.15, 0.2) is 30.6 Å². The third-order valence-electron chi connectivity index (χ3n) is 4.08. The molecule has 1 N–H and O–H groups in total. The van der Waals surface area contributed by atoms with E-state index in [1.165, 1.54) is 11.1 Å². The highest BCUT2D eigenvalue weighted by molar-refractivity contribution is 6.06. The lowest BCUT2D eigenvalue weighted by atomic mass is 9.98. The van der Waals surface area contributed by atoms with Gasteiger partial charge in [0, 0.05) is 18.9 Å². The molecule has 1 aromatic heterocycles. The largest absolute Gasteiger partial charge is 0.480 e. The minimum atomic E-state index is -1.15. The van der Waals surface area contributed by atoms with Gasteiger partial charge in [-0.3, -0.25) is 14.8 Å². The maximum Gasteiger partial charge on any atom is 0.329 e. The first-order valence-corrected chi connectivity index (χ1v) is 6.79. The summed E-state index contributed by atoms with van der Waals surface area (Å²) in [5.41, 5.74) is 0.376. The van der Waals surface area contributed by atoms with E-state index in [1.807, 2.05) is 0 Å². The first kappa shape index (κ1) is 13.5. The molecule has 2 heterocycles. The van der Waals surface area contributed by atoms with E-state index in [-0.39, 0.29) is 5.91 Å². The fourth-order valence-corrected chi connectivity index (χ4v) is 2.82. The van der Waals surface area contributed by atoms with Crippen molar-refractivity contribution in [2.45, 2.75) is 25.3 Å². The molecular formula is C15H15N3O3. The average molecular weight is 285 g/mol. The molecule has 1 aromatic carbocycles. The molecule has 0 radical (unpaired) electrons. The topological polar surface area (TPSA) is 83.4 Å². The second-order valence-corrected chi connectivity index (χ2v) is 5.37. The van der Waals surface area contributed by atoms with Gasteiger partial charge in [0.1, 0.15) is 11.1 Å². The van der Waals surface area contributed by atoms with Gasteiger partial charge in [0.05, 0.1) is 11.1 Å². The van der Waals surface area contributed by atoms with E-state index in [0.717, 1.165) is 0 Å². The minimum absolute atomic E-state index is 0.302. The second kappa shape index (κ2) is 4.80. The number of likely N-dealkylation sites (tertiary alicyclic amines) is 1. The summed E-state index contributed by atoms with van der Waals surface area (Å²) in [6.45, 7) is 2.04. The first-order valence-electron chi connectivity index (χ1n) is 6.79. The summed E-state index contributed by atoms with van der Waals surface area (Å²) in [5.74, 6) is -1.27. The highest BCUT2D eigenvalue weighted by Crippen LogP contribution is 2.31. The van der Waals surface area contributed by atoms with Crippen LogP contribution in [-0.2, 0) is 4.79 Å². The Balaban J connectivity index is 2.07. The maximum atomic E-state index is 12.8. The summed E-state index contributed by atoms with van der Waals surface area (Å²) < 4.78 is 0. The smallest absolute Gasteiger partial charge is 0.329 e.